The molecule has 122 valence electrons. The molecule has 5 nitrogen and oxygen atoms in total. The summed E-state index contributed by atoms with van der Waals surface area (Å²) in [7, 11) is 0. The van der Waals surface area contributed by atoms with Crippen LogP contribution in [0, 0.1) is 0 Å². The Hall–Kier alpha value is -2.82. The van der Waals surface area contributed by atoms with Gasteiger partial charge in [-0.1, -0.05) is 0 Å². The summed E-state index contributed by atoms with van der Waals surface area (Å²) < 4.78 is 4.14. The second-order valence-electron chi connectivity index (χ2n) is 6.19. The van der Waals surface area contributed by atoms with Gasteiger partial charge in [-0.3, -0.25) is 4.79 Å². The largest absolute Gasteiger partial charge is 0.337 e. The lowest BCUT2D eigenvalue weighted by molar-refractivity contribution is 0.0679. The van der Waals surface area contributed by atoms with Gasteiger partial charge in [0.2, 0.25) is 0 Å². The Kier molecular flexibility index (Phi) is 3.91. The number of amides is 1. The smallest absolute Gasteiger partial charge is 0.253 e. The molecular formula is C19H20N4O. The molecule has 1 fully saturated rings. The molecule has 24 heavy (non-hydrogen) atoms. The Balaban J connectivity index is 1.49. The second-order valence-corrected chi connectivity index (χ2v) is 6.19. The summed E-state index contributed by atoms with van der Waals surface area (Å²) in [4.78, 5) is 18.9. The first-order chi connectivity index (χ1) is 11.8. The molecule has 0 radical (unpaired) electrons. The maximum Gasteiger partial charge on any atom is 0.253 e. The quantitative estimate of drug-likeness (QED) is 0.744. The maximum absolute atomic E-state index is 12.8. The molecule has 0 spiro atoms. The van der Waals surface area contributed by atoms with Gasteiger partial charge in [0.15, 0.2) is 0 Å². The Bertz CT molecular complexity index is 791. The van der Waals surface area contributed by atoms with Crippen LogP contribution in [0.2, 0.25) is 0 Å². The zero-order chi connectivity index (χ0) is 16.4. The monoisotopic (exact) mass is 320 g/mol. The number of hydrogen-bond donors (Lipinski definition) is 0. The molecule has 1 aliphatic heterocycles. The highest BCUT2D eigenvalue weighted by Gasteiger charge is 2.25. The number of carbonyl (C=O) groups is 1. The maximum atomic E-state index is 12.8. The van der Waals surface area contributed by atoms with Crippen LogP contribution in [-0.2, 0) is 0 Å². The van der Waals surface area contributed by atoms with Crippen molar-refractivity contribution in [1.29, 1.82) is 0 Å². The van der Waals surface area contributed by atoms with E-state index in [1.54, 1.807) is 6.20 Å². The minimum atomic E-state index is 0.110. The van der Waals surface area contributed by atoms with E-state index in [9.17, 15) is 4.79 Å². The zero-order valence-corrected chi connectivity index (χ0v) is 13.5. The van der Waals surface area contributed by atoms with Gasteiger partial charge in [0.25, 0.3) is 5.91 Å². The number of imidazole rings is 1. The van der Waals surface area contributed by atoms with Crippen LogP contribution in [0.25, 0.3) is 5.69 Å². The number of benzene rings is 1. The van der Waals surface area contributed by atoms with Gasteiger partial charge in [-0.25, -0.2) is 4.98 Å². The van der Waals surface area contributed by atoms with Crippen molar-refractivity contribution >= 4 is 5.91 Å². The highest BCUT2D eigenvalue weighted by atomic mass is 16.2. The Labute approximate surface area is 141 Å². The lowest BCUT2D eigenvalue weighted by Gasteiger charge is -2.33. The molecule has 1 aliphatic rings. The molecule has 3 aromatic rings. The number of aromatic nitrogens is 3. The number of carbonyl (C=O) groups excluding carboxylic acids is 1. The molecule has 1 amide bonds. The van der Waals surface area contributed by atoms with E-state index in [4.69, 9.17) is 0 Å². The summed E-state index contributed by atoms with van der Waals surface area (Å²) in [5, 5.41) is 0. The Morgan fingerprint density at radius 1 is 1.08 bits per heavy atom. The minimum Gasteiger partial charge on any atom is -0.337 e. The fraction of sp³-hybridized carbons (Fsp3) is 0.263. The van der Waals surface area contributed by atoms with E-state index < -0.39 is 0 Å². The number of piperidine rings is 1. The molecule has 1 unspecified atom stereocenters. The van der Waals surface area contributed by atoms with E-state index in [1.807, 2.05) is 70.8 Å². The van der Waals surface area contributed by atoms with Crippen LogP contribution in [0.5, 0.6) is 0 Å². The molecule has 1 aromatic carbocycles. The molecule has 4 rings (SSSR count). The van der Waals surface area contributed by atoms with E-state index >= 15 is 0 Å². The van der Waals surface area contributed by atoms with Crippen LogP contribution in [0.15, 0.2) is 67.5 Å². The molecule has 0 saturated carbocycles. The molecule has 0 aliphatic carbocycles. The van der Waals surface area contributed by atoms with Crippen molar-refractivity contribution < 1.29 is 4.79 Å². The van der Waals surface area contributed by atoms with Crippen LogP contribution >= 0.6 is 0 Å². The van der Waals surface area contributed by atoms with Gasteiger partial charge >= 0.3 is 0 Å². The van der Waals surface area contributed by atoms with E-state index in [-0.39, 0.29) is 5.91 Å². The molecule has 5 heteroatoms. The van der Waals surface area contributed by atoms with Gasteiger partial charge < -0.3 is 14.0 Å². The highest BCUT2D eigenvalue weighted by Crippen LogP contribution is 2.23. The van der Waals surface area contributed by atoms with Crippen molar-refractivity contribution in [2.75, 3.05) is 13.1 Å². The van der Waals surface area contributed by atoms with Crippen molar-refractivity contribution in [2.24, 2.45) is 0 Å². The van der Waals surface area contributed by atoms with Crippen LogP contribution in [-0.4, -0.2) is 38.0 Å². The Morgan fingerprint density at radius 2 is 1.88 bits per heavy atom. The lowest BCUT2D eigenvalue weighted by Crippen LogP contribution is -2.40. The summed E-state index contributed by atoms with van der Waals surface area (Å²) in [5.41, 5.74) is 1.81. The van der Waals surface area contributed by atoms with Gasteiger partial charge in [-0.15, -0.1) is 0 Å². The van der Waals surface area contributed by atoms with Crippen LogP contribution in [0.4, 0.5) is 0 Å². The van der Waals surface area contributed by atoms with Crippen molar-refractivity contribution in [3.8, 4) is 5.69 Å². The topological polar surface area (TPSA) is 43.1 Å². The Morgan fingerprint density at radius 3 is 2.58 bits per heavy atom. The normalized spacial score (nSPS) is 17.8. The molecule has 1 atom stereocenters. The molecule has 0 bridgehead atoms. The van der Waals surface area contributed by atoms with Crippen molar-refractivity contribution in [3.63, 3.8) is 0 Å². The molecule has 1 saturated heterocycles. The molecule has 0 N–H and O–H groups in total. The van der Waals surface area contributed by atoms with Gasteiger partial charge in [0.1, 0.15) is 0 Å². The van der Waals surface area contributed by atoms with Crippen LogP contribution < -0.4 is 0 Å². The van der Waals surface area contributed by atoms with Crippen molar-refractivity contribution in [3.05, 3.63) is 73.1 Å². The number of likely N-dealkylation sites (tertiary alicyclic amines) is 1. The molecule has 2 aromatic heterocycles. The predicted molar refractivity (Wildman–Crippen MR) is 92.2 cm³/mol. The summed E-state index contributed by atoms with van der Waals surface area (Å²) in [6, 6.07) is 12.1. The van der Waals surface area contributed by atoms with Crippen molar-refractivity contribution in [1.82, 2.24) is 19.0 Å². The van der Waals surface area contributed by atoms with E-state index in [1.165, 1.54) is 0 Å². The summed E-state index contributed by atoms with van der Waals surface area (Å²) in [5.74, 6) is 0.110. The minimum absolute atomic E-state index is 0.110. The predicted octanol–water partition coefficient (Wildman–Crippen LogP) is 3.15. The zero-order valence-electron chi connectivity index (χ0n) is 13.5. The van der Waals surface area contributed by atoms with Gasteiger partial charge in [-0.2, -0.15) is 0 Å². The summed E-state index contributed by atoms with van der Waals surface area (Å²) >= 11 is 0. The van der Waals surface area contributed by atoms with Crippen molar-refractivity contribution in [2.45, 2.75) is 18.9 Å². The summed E-state index contributed by atoms with van der Waals surface area (Å²) in [6.07, 6.45) is 11.7. The van der Waals surface area contributed by atoms with Gasteiger partial charge in [0.05, 0.1) is 12.4 Å². The number of hydrogen-bond acceptors (Lipinski definition) is 2. The number of rotatable bonds is 3. The first-order valence-corrected chi connectivity index (χ1v) is 8.31. The standard InChI is InChI=1S/C19H20N4O/c24-19(16-5-7-17(8-6-16)21-10-1-2-11-21)22-12-3-4-18(14-22)23-13-9-20-15-23/h1-2,5-11,13,15,18H,3-4,12,14H2. The first kappa shape index (κ1) is 14.8. The SMILES string of the molecule is O=C(c1ccc(-n2cccc2)cc1)N1CCCC(n2ccnc2)C1. The number of nitrogens with zero attached hydrogens (tertiary/aromatic N) is 4. The molecular weight excluding hydrogens is 300 g/mol. The third-order valence-electron chi connectivity index (χ3n) is 4.65. The average molecular weight is 320 g/mol. The second kappa shape index (κ2) is 6.35. The first-order valence-electron chi connectivity index (χ1n) is 8.31. The highest BCUT2D eigenvalue weighted by molar-refractivity contribution is 5.94. The fourth-order valence-corrected chi connectivity index (χ4v) is 3.33. The van der Waals surface area contributed by atoms with E-state index in [0.29, 0.717) is 6.04 Å². The van der Waals surface area contributed by atoms with Gasteiger partial charge in [0, 0.05) is 49.1 Å². The van der Waals surface area contributed by atoms with Crippen LogP contribution in [0.3, 0.4) is 0 Å². The lowest BCUT2D eigenvalue weighted by atomic mass is 10.0. The molecule has 3 heterocycles. The van der Waals surface area contributed by atoms with E-state index in [2.05, 4.69) is 9.55 Å². The van der Waals surface area contributed by atoms with Crippen LogP contribution in [0.1, 0.15) is 29.2 Å². The third-order valence-corrected chi connectivity index (χ3v) is 4.65. The fourth-order valence-electron chi connectivity index (χ4n) is 3.33. The third kappa shape index (κ3) is 2.85. The average Bonchev–Trinajstić information content (AvgIpc) is 3.35. The van der Waals surface area contributed by atoms with Gasteiger partial charge in [-0.05, 0) is 49.2 Å². The summed E-state index contributed by atoms with van der Waals surface area (Å²) in [6.45, 7) is 1.57. The van der Waals surface area contributed by atoms with E-state index in [0.717, 1.165) is 37.2 Å².